The maximum absolute atomic E-state index is 2.37. The molecule has 0 atom stereocenters. The molecule has 0 aliphatic rings. The van der Waals surface area contributed by atoms with E-state index in [-0.39, 0.29) is 0 Å². The second-order valence-electron chi connectivity index (χ2n) is 8.31. The monoisotopic (exact) mass is 378 g/mol. The Morgan fingerprint density at radius 2 is 0.533 bits per heavy atom. The minimum atomic E-state index is 1.29. The van der Waals surface area contributed by atoms with Crippen LogP contribution in [0.15, 0.2) is 109 Å². The summed E-state index contributed by atoms with van der Waals surface area (Å²) >= 11 is 0. The van der Waals surface area contributed by atoms with Crippen molar-refractivity contribution in [1.82, 2.24) is 0 Å². The standard InChI is InChI=1S/C30H18/c1-2-7-21-13-26-16-28-18-30-24(14-27(28)15-25(26)12-20(21)6-1)10-9-23-11-19-5-3-4-8-22(19)17-29(23)30/h1-18H. The number of hydrogen-bond donors (Lipinski definition) is 0. The Hall–Kier alpha value is -3.90. The fraction of sp³-hybridized carbons (Fsp3) is 0. The third-order valence-electron chi connectivity index (χ3n) is 6.48. The highest BCUT2D eigenvalue weighted by Crippen LogP contribution is 2.34. The van der Waals surface area contributed by atoms with E-state index < -0.39 is 0 Å². The van der Waals surface area contributed by atoms with Gasteiger partial charge in [0.05, 0.1) is 0 Å². The van der Waals surface area contributed by atoms with Gasteiger partial charge in [-0.05, 0) is 113 Å². The van der Waals surface area contributed by atoms with Gasteiger partial charge in [-0.3, -0.25) is 0 Å². The Morgan fingerprint density at radius 3 is 1.03 bits per heavy atom. The smallest absolute Gasteiger partial charge is 0.00988 e. The first-order valence-electron chi connectivity index (χ1n) is 10.4. The summed E-state index contributed by atoms with van der Waals surface area (Å²) in [5.74, 6) is 0. The van der Waals surface area contributed by atoms with Gasteiger partial charge in [0.25, 0.3) is 0 Å². The van der Waals surface area contributed by atoms with Crippen LogP contribution in [0.4, 0.5) is 0 Å². The summed E-state index contributed by atoms with van der Waals surface area (Å²) in [6.07, 6.45) is 0. The number of benzene rings is 7. The van der Waals surface area contributed by atoms with E-state index in [1.165, 1.54) is 64.6 Å². The molecule has 0 unspecified atom stereocenters. The summed E-state index contributed by atoms with van der Waals surface area (Å²) in [6.45, 7) is 0. The molecule has 0 fully saturated rings. The molecule has 0 N–H and O–H groups in total. The van der Waals surface area contributed by atoms with Crippen LogP contribution >= 0.6 is 0 Å². The number of rotatable bonds is 0. The van der Waals surface area contributed by atoms with Gasteiger partial charge >= 0.3 is 0 Å². The predicted octanol–water partition coefficient (Wildman–Crippen LogP) is 8.61. The zero-order valence-electron chi connectivity index (χ0n) is 16.4. The van der Waals surface area contributed by atoms with Crippen molar-refractivity contribution >= 4 is 64.6 Å². The van der Waals surface area contributed by atoms with Crippen LogP contribution in [0.5, 0.6) is 0 Å². The van der Waals surface area contributed by atoms with Crippen LogP contribution in [-0.4, -0.2) is 0 Å². The molecule has 0 heteroatoms. The molecule has 0 spiro atoms. The molecule has 30 heavy (non-hydrogen) atoms. The maximum atomic E-state index is 2.37. The van der Waals surface area contributed by atoms with Gasteiger partial charge in [-0.25, -0.2) is 0 Å². The van der Waals surface area contributed by atoms with E-state index >= 15 is 0 Å². The van der Waals surface area contributed by atoms with Crippen LogP contribution in [0.25, 0.3) is 64.6 Å². The largest absolute Gasteiger partial charge is 0.0616 e. The van der Waals surface area contributed by atoms with Crippen molar-refractivity contribution in [1.29, 1.82) is 0 Å². The second kappa shape index (κ2) is 5.81. The fourth-order valence-corrected chi connectivity index (χ4v) is 4.94. The summed E-state index contributed by atoms with van der Waals surface area (Å²) in [5, 5.41) is 15.6. The van der Waals surface area contributed by atoms with Crippen LogP contribution in [-0.2, 0) is 0 Å². The first-order chi connectivity index (χ1) is 14.8. The van der Waals surface area contributed by atoms with Crippen LogP contribution in [0.3, 0.4) is 0 Å². The van der Waals surface area contributed by atoms with E-state index in [4.69, 9.17) is 0 Å². The van der Waals surface area contributed by atoms with Crippen molar-refractivity contribution in [3.63, 3.8) is 0 Å². The fourth-order valence-electron chi connectivity index (χ4n) is 4.94. The van der Waals surface area contributed by atoms with E-state index in [2.05, 4.69) is 109 Å². The van der Waals surface area contributed by atoms with Gasteiger partial charge < -0.3 is 0 Å². The Balaban J connectivity index is 1.59. The molecular weight excluding hydrogens is 360 g/mol. The van der Waals surface area contributed by atoms with Gasteiger partial charge in [-0.2, -0.15) is 0 Å². The van der Waals surface area contributed by atoms with Crippen molar-refractivity contribution < 1.29 is 0 Å². The molecule has 7 aromatic carbocycles. The van der Waals surface area contributed by atoms with Crippen LogP contribution in [0.2, 0.25) is 0 Å². The van der Waals surface area contributed by atoms with Crippen LogP contribution in [0.1, 0.15) is 0 Å². The van der Waals surface area contributed by atoms with Crippen molar-refractivity contribution in [3.8, 4) is 0 Å². The van der Waals surface area contributed by atoms with Gasteiger partial charge in [-0.1, -0.05) is 60.7 Å². The second-order valence-corrected chi connectivity index (χ2v) is 8.31. The molecule has 0 heterocycles. The lowest BCUT2D eigenvalue weighted by Crippen LogP contribution is -1.83. The summed E-state index contributed by atoms with van der Waals surface area (Å²) in [5.41, 5.74) is 0. The normalized spacial score (nSPS) is 12.0. The quantitative estimate of drug-likeness (QED) is 0.183. The first kappa shape index (κ1) is 16.0. The summed E-state index contributed by atoms with van der Waals surface area (Å²) in [6, 6.07) is 40.4. The lowest BCUT2D eigenvalue weighted by molar-refractivity contribution is 1.78. The molecule has 7 rings (SSSR count). The van der Waals surface area contributed by atoms with Crippen LogP contribution in [0, 0.1) is 0 Å². The number of hydrogen-bond acceptors (Lipinski definition) is 0. The maximum Gasteiger partial charge on any atom is -0.00988 e. The average molecular weight is 378 g/mol. The lowest BCUT2D eigenvalue weighted by Gasteiger charge is -2.10. The molecule has 0 aromatic heterocycles. The minimum Gasteiger partial charge on any atom is -0.0616 e. The highest BCUT2D eigenvalue weighted by molar-refractivity contribution is 6.16. The summed E-state index contributed by atoms with van der Waals surface area (Å²) < 4.78 is 0. The molecule has 0 bridgehead atoms. The SMILES string of the molecule is c1ccc2cc3cc4cc5c(ccc6cc7ccccc7cc65)cc4cc3cc2c1. The number of fused-ring (bicyclic) bond motifs is 7. The highest BCUT2D eigenvalue weighted by Gasteiger charge is 2.07. The molecule has 0 saturated carbocycles. The van der Waals surface area contributed by atoms with E-state index in [1.807, 2.05) is 0 Å². The van der Waals surface area contributed by atoms with Crippen molar-refractivity contribution in [2.45, 2.75) is 0 Å². The van der Waals surface area contributed by atoms with Gasteiger partial charge in [0, 0.05) is 0 Å². The predicted molar refractivity (Wildman–Crippen MR) is 131 cm³/mol. The molecule has 7 aromatic rings. The topological polar surface area (TPSA) is 0 Å². The Kier molecular flexibility index (Phi) is 3.09. The Morgan fingerprint density at radius 1 is 0.233 bits per heavy atom. The minimum absolute atomic E-state index is 1.29. The first-order valence-corrected chi connectivity index (χ1v) is 10.4. The summed E-state index contributed by atoms with van der Waals surface area (Å²) in [7, 11) is 0. The molecule has 0 nitrogen and oxygen atoms in total. The summed E-state index contributed by atoms with van der Waals surface area (Å²) in [4.78, 5) is 0. The van der Waals surface area contributed by atoms with E-state index in [0.29, 0.717) is 0 Å². The zero-order chi connectivity index (χ0) is 19.7. The van der Waals surface area contributed by atoms with Crippen molar-refractivity contribution in [3.05, 3.63) is 109 Å². The van der Waals surface area contributed by atoms with Crippen molar-refractivity contribution in [2.24, 2.45) is 0 Å². The van der Waals surface area contributed by atoms with Crippen LogP contribution < -0.4 is 0 Å². The molecular formula is C30H18. The van der Waals surface area contributed by atoms with Gasteiger partial charge in [-0.15, -0.1) is 0 Å². The van der Waals surface area contributed by atoms with Gasteiger partial charge in [0.1, 0.15) is 0 Å². The molecule has 0 amide bonds. The average Bonchev–Trinajstić information content (AvgIpc) is 2.79. The molecule has 0 aliphatic carbocycles. The molecule has 0 radical (unpaired) electrons. The third kappa shape index (κ3) is 2.28. The Bertz CT molecular complexity index is 1770. The van der Waals surface area contributed by atoms with E-state index in [0.717, 1.165) is 0 Å². The van der Waals surface area contributed by atoms with Crippen molar-refractivity contribution in [2.75, 3.05) is 0 Å². The third-order valence-corrected chi connectivity index (χ3v) is 6.48. The lowest BCUT2D eigenvalue weighted by atomic mass is 9.94. The van der Waals surface area contributed by atoms with E-state index in [9.17, 15) is 0 Å². The van der Waals surface area contributed by atoms with E-state index in [1.54, 1.807) is 0 Å². The molecule has 138 valence electrons. The molecule has 0 saturated heterocycles. The zero-order valence-corrected chi connectivity index (χ0v) is 16.4. The van der Waals surface area contributed by atoms with Gasteiger partial charge in [0.15, 0.2) is 0 Å². The van der Waals surface area contributed by atoms with Gasteiger partial charge in [0.2, 0.25) is 0 Å². The molecule has 0 aliphatic heterocycles. The highest BCUT2D eigenvalue weighted by atomic mass is 14.1. The Labute approximate surface area is 174 Å².